The first kappa shape index (κ1) is 20.7. The Hall–Kier alpha value is -3.19. The number of nitrogens with zero attached hydrogens (tertiary/aromatic N) is 2. The van der Waals surface area contributed by atoms with E-state index >= 15 is 0 Å². The minimum atomic E-state index is -0.360. The van der Waals surface area contributed by atoms with Gasteiger partial charge in [0, 0.05) is 27.6 Å². The van der Waals surface area contributed by atoms with Crippen LogP contribution in [0.1, 0.15) is 35.4 Å². The number of ether oxygens (including phenoxy) is 4. The summed E-state index contributed by atoms with van der Waals surface area (Å²) in [5.41, 5.74) is 4.07. The molecule has 3 aromatic carbocycles. The van der Waals surface area contributed by atoms with Crippen molar-refractivity contribution in [1.82, 2.24) is 5.01 Å². The molecule has 2 heterocycles. The summed E-state index contributed by atoms with van der Waals surface area (Å²) in [4.78, 5) is 0. The summed E-state index contributed by atoms with van der Waals surface area (Å²) in [5, 5.41) is 7.08. The van der Waals surface area contributed by atoms with Crippen molar-refractivity contribution in [2.75, 3.05) is 21.3 Å². The molecule has 0 fully saturated rings. The van der Waals surface area contributed by atoms with Gasteiger partial charge in [0.2, 0.25) is 6.23 Å². The molecule has 0 saturated carbocycles. The molecule has 2 atom stereocenters. The highest BCUT2D eigenvalue weighted by atomic mass is 79.9. The van der Waals surface area contributed by atoms with Crippen LogP contribution in [0.3, 0.4) is 0 Å². The average molecular weight is 495 g/mol. The van der Waals surface area contributed by atoms with Crippen molar-refractivity contribution in [2.24, 2.45) is 5.10 Å². The van der Waals surface area contributed by atoms with Crippen LogP contribution in [-0.4, -0.2) is 32.0 Å². The van der Waals surface area contributed by atoms with Gasteiger partial charge in [0.25, 0.3) is 0 Å². The van der Waals surface area contributed by atoms with E-state index in [2.05, 4.69) is 27.0 Å². The van der Waals surface area contributed by atoms with Gasteiger partial charge in [0.1, 0.15) is 11.5 Å². The van der Waals surface area contributed by atoms with Gasteiger partial charge in [0.05, 0.1) is 33.1 Å². The predicted octanol–water partition coefficient (Wildman–Crippen LogP) is 5.72. The van der Waals surface area contributed by atoms with Gasteiger partial charge in [0.15, 0.2) is 11.5 Å². The lowest BCUT2D eigenvalue weighted by atomic mass is 9.95. The third kappa shape index (κ3) is 3.56. The van der Waals surface area contributed by atoms with Crippen molar-refractivity contribution in [1.29, 1.82) is 0 Å². The summed E-state index contributed by atoms with van der Waals surface area (Å²) in [7, 11) is 4.94. The molecule has 0 radical (unpaired) electrons. The first-order chi connectivity index (χ1) is 15.6. The van der Waals surface area contributed by atoms with Crippen LogP contribution in [0.15, 0.2) is 70.2 Å². The fraction of sp³-hybridized carbons (Fsp3) is 0.240. The quantitative estimate of drug-likeness (QED) is 0.454. The normalized spacial score (nSPS) is 18.9. The molecule has 0 aromatic heterocycles. The van der Waals surface area contributed by atoms with Crippen LogP contribution in [-0.2, 0) is 0 Å². The molecular weight excluding hydrogens is 472 g/mol. The second-order valence-corrected chi connectivity index (χ2v) is 8.56. The first-order valence-electron chi connectivity index (χ1n) is 10.3. The van der Waals surface area contributed by atoms with Gasteiger partial charge < -0.3 is 18.9 Å². The van der Waals surface area contributed by atoms with E-state index in [0.29, 0.717) is 11.5 Å². The SMILES string of the molecule is COc1cccc(C2Oc3ccc(Br)cc3C3CC(c4ccc(OC)c(OC)c4)=NN32)c1. The fourth-order valence-corrected chi connectivity index (χ4v) is 4.64. The maximum atomic E-state index is 6.45. The van der Waals surface area contributed by atoms with Crippen LogP contribution in [0, 0.1) is 0 Å². The Morgan fingerprint density at radius 2 is 1.78 bits per heavy atom. The summed E-state index contributed by atoms with van der Waals surface area (Å²) in [6.45, 7) is 0. The summed E-state index contributed by atoms with van der Waals surface area (Å²) in [5.74, 6) is 3.03. The molecule has 32 heavy (non-hydrogen) atoms. The zero-order valence-electron chi connectivity index (χ0n) is 18.0. The molecule has 7 heteroatoms. The number of fused-ring (bicyclic) bond motifs is 3. The van der Waals surface area contributed by atoms with E-state index < -0.39 is 0 Å². The van der Waals surface area contributed by atoms with Crippen LogP contribution >= 0.6 is 15.9 Å². The maximum Gasteiger partial charge on any atom is 0.214 e. The van der Waals surface area contributed by atoms with Crippen molar-refractivity contribution >= 4 is 21.6 Å². The monoisotopic (exact) mass is 494 g/mol. The summed E-state index contributed by atoms with van der Waals surface area (Å²) < 4.78 is 23.8. The lowest BCUT2D eigenvalue weighted by molar-refractivity contribution is -0.0191. The summed E-state index contributed by atoms with van der Waals surface area (Å²) >= 11 is 3.60. The van der Waals surface area contributed by atoms with E-state index in [-0.39, 0.29) is 12.3 Å². The molecule has 5 rings (SSSR count). The molecule has 0 N–H and O–H groups in total. The third-order valence-electron chi connectivity index (χ3n) is 5.85. The Balaban J connectivity index is 1.59. The molecule has 6 nitrogen and oxygen atoms in total. The number of benzene rings is 3. The minimum Gasteiger partial charge on any atom is -0.497 e. The van der Waals surface area contributed by atoms with Gasteiger partial charge in [-0.15, -0.1) is 0 Å². The number of halogens is 1. The van der Waals surface area contributed by atoms with Crippen molar-refractivity contribution < 1.29 is 18.9 Å². The zero-order chi connectivity index (χ0) is 22.2. The van der Waals surface area contributed by atoms with Crippen LogP contribution in [0.25, 0.3) is 0 Å². The van der Waals surface area contributed by atoms with Crippen LogP contribution in [0.5, 0.6) is 23.0 Å². The molecule has 0 aliphatic carbocycles. The average Bonchev–Trinajstić information content (AvgIpc) is 3.29. The molecule has 0 bridgehead atoms. The Kier molecular flexibility index (Phi) is 5.43. The standard InChI is InChI=1S/C25H23BrN2O4/c1-29-18-6-4-5-16(11-18)25-28-21(19-13-17(26)8-10-22(19)32-25)14-20(27-28)15-7-9-23(30-2)24(12-15)31-3/h4-13,21,25H,14H2,1-3H3. The Labute approximate surface area is 195 Å². The molecule has 3 aromatic rings. The number of hydrazone groups is 1. The minimum absolute atomic E-state index is 0.0514. The number of rotatable bonds is 5. The molecule has 0 amide bonds. The Morgan fingerprint density at radius 1 is 0.938 bits per heavy atom. The van der Waals surface area contributed by atoms with Crippen molar-refractivity contribution in [2.45, 2.75) is 18.7 Å². The highest BCUT2D eigenvalue weighted by molar-refractivity contribution is 9.10. The summed E-state index contributed by atoms with van der Waals surface area (Å²) in [6, 6.07) is 20.0. The smallest absolute Gasteiger partial charge is 0.214 e. The molecule has 0 spiro atoms. The molecule has 164 valence electrons. The van der Waals surface area contributed by atoms with Gasteiger partial charge in [-0.05, 0) is 48.5 Å². The van der Waals surface area contributed by atoms with E-state index in [1.54, 1.807) is 21.3 Å². The van der Waals surface area contributed by atoms with E-state index in [1.807, 2.05) is 54.6 Å². The third-order valence-corrected chi connectivity index (χ3v) is 6.34. The van der Waals surface area contributed by atoms with Gasteiger partial charge in [-0.25, -0.2) is 5.01 Å². The topological polar surface area (TPSA) is 52.5 Å². The lowest BCUT2D eigenvalue weighted by Crippen LogP contribution is -2.33. The Bertz CT molecular complexity index is 1200. The predicted molar refractivity (Wildman–Crippen MR) is 126 cm³/mol. The van der Waals surface area contributed by atoms with E-state index in [1.165, 1.54) is 0 Å². The highest BCUT2D eigenvalue weighted by Crippen LogP contribution is 2.48. The molecular formula is C25H23BrN2O4. The summed E-state index contributed by atoms with van der Waals surface area (Å²) in [6.07, 6.45) is 0.393. The highest BCUT2D eigenvalue weighted by Gasteiger charge is 2.41. The zero-order valence-corrected chi connectivity index (χ0v) is 19.6. The van der Waals surface area contributed by atoms with Crippen molar-refractivity contribution in [3.63, 3.8) is 0 Å². The first-order valence-corrected chi connectivity index (χ1v) is 11.1. The molecule has 2 unspecified atom stereocenters. The van der Waals surface area contributed by atoms with Gasteiger partial charge in [-0.1, -0.05) is 28.1 Å². The van der Waals surface area contributed by atoms with Gasteiger partial charge in [-0.2, -0.15) is 5.10 Å². The second kappa shape index (κ2) is 8.39. The van der Waals surface area contributed by atoms with E-state index in [0.717, 1.165) is 44.8 Å². The van der Waals surface area contributed by atoms with Crippen molar-refractivity contribution in [3.8, 4) is 23.0 Å². The van der Waals surface area contributed by atoms with Crippen LogP contribution < -0.4 is 18.9 Å². The molecule has 2 aliphatic rings. The Morgan fingerprint density at radius 3 is 2.56 bits per heavy atom. The molecule has 2 aliphatic heterocycles. The second-order valence-electron chi connectivity index (χ2n) is 7.65. The molecule has 0 saturated heterocycles. The van der Waals surface area contributed by atoms with E-state index in [9.17, 15) is 0 Å². The van der Waals surface area contributed by atoms with E-state index in [4.69, 9.17) is 24.0 Å². The van der Waals surface area contributed by atoms with Crippen molar-refractivity contribution in [3.05, 3.63) is 81.8 Å². The number of hydrogen-bond acceptors (Lipinski definition) is 6. The lowest BCUT2D eigenvalue weighted by Gasteiger charge is -2.38. The van der Waals surface area contributed by atoms with Crippen LogP contribution in [0.4, 0.5) is 0 Å². The van der Waals surface area contributed by atoms with Crippen LogP contribution in [0.2, 0.25) is 0 Å². The number of hydrogen-bond donors (Lipinski definition) is 0. The number of methoxy groups -OCH3 is 3. The van der Waals surface area contributed by atoms with Gasteiger partial charge >= 0.3 is 0 Å². The maximum absolute atomic E-state index is 6.45. The van der Waals surface area contributed by atoms with Gasteiger partial charge in [-0.3, -0.25) is 0 Å². The fourth-order valence-electron chi connectivity index (χ4n) is 4.26. The largest absolute Gasteiger partial charge is 0.497 e.